The summed E-state index contributed by atoms with van der Waals surface area (Å²) in [6.07, 6.45) is 1.71. The molecule has 0 bridgehead atoms. The molecule has 1 aliphatic carbocycles. The van der Waals surface area contributed by atoms with Crippen molar-refractivity contribution in [3.63, 3.8) is 0 Å². The lowest BCUT2D eigenvalue weighted by molar-refractivity contribution is -0.146. The Morgan fingerprint density at radius 3 is 2.62 bits per heavy atom. The predicted octanol–water partition coefficient (Wildman–Crippen LogP) is 1.73. The van der Waals surface area contributed by atoms with Crippen molar-refractivity contribution in [2.45, 2.75) is 31.5 Å². The maximum atomic E-state index is 12.9. The Morgan fingerprint density at radius 2 is 2.05 bits per heavy atom. The van der Waals surface area contributed by atoms with Gasteiger partial charge in [0.25, 0.3) is 5.91 Å². The first-order valence-electron chi connectivity index (χ1n) is 7.11. The summed E-state index contributed by atoms with van der Waals surface area (Å²) in [5, 5.41) is 3.18. The van der Waals surface area contributed by atoms with Crippen molar-refractivity contribution < 1.29 is 13.9 Å². The second kappa shape index (κ2) is 7.20. The van der Waals surface area contributed by atoms with Gasteiger partial charge in [0.2, 0.25) is 0 Å². The number of hydrogen-bond acceptors (Lipinski definition) is 3. The van der Waals surface area contributed by atoms with Crippen molar-refractivity contribution in [2.24, 2.45) is 0 Å². The summed E-state index contributed by atoms with van der Waals surface area (Å²) in [7, 11) is 0. The van der Waals surface area contributed by atoms with Crippen molar-refractivity contribution in [1.29, 1.82) is 0 Å². The minimum Gasteiger partial charge on any atom is -0.366 e. The zero-order valence-corrected chi connectivity index (χ0v) is 12.6. The summed E-state index contributed by atoms with van der Waals surface area (Å²) < 4.78 is 18.5. The molecule has 1 aromatic carbocycles. The lowest BCUT2D eigenvalue weighted by Crippen LogP contribution is -2.49. The van der Waals surface area contributed by atoms with Gasteiger partial charge in [0.05, 0.1) is 6.61 Å². The van der Waals surface area contributed by atoms with Crippen molar-refractivity contribution in [2.75, 3.05) is 19.7 Å². The maximum absolute atomic E-state index is 12.9. The van der Waals surface area contributed by atoms with E-state index in [2.05, 4.69) is 5.32 Å². The molecule has 0 spiro atoms. The van der Waals surface area contributed by atoms with E-state index < -0.39 is 0 Å². The Kier molecular flexibility index (Phi) is 5.56. The molecule has 116 valence electrons. The van der Waals surface area contributed by atoms with Gasteiger partial charge < -0.3 is 15.0 Å². The first-order valence-corrected chi connectivity index (χ1v) is 7.11. The molecule has 1 heterocycles. The van der Waals surface area contributed by atoms with Gasteiger partial charge in [-0.25, -0.2) is 4.39 Å². The van der Waals surface area contributed by atoms with E-state index in [9.17, 15) is 9.18 Å². The number of ether oxygens (including phenoxy) is 1. The lowest BCUT2D eigenvalue weighted by atomic mass is 10.2. The smallest absolute Gasteiger partial charge is 0.253 e. The summed E-state index contributed by atoms with van der Waals surface area (Å²) in [5.74, 6) is -0.207. The quantitative estimate of drug-likeness (QED) is 0.920. The van der Waals surface area contributed by atoms with Crippen LogP contribution < -0.4 is 5.32 Å². The van der Waals surface area contributed by atoms with Crippen molar-refractivity contribution in [1.82, 2.24) is 10.2 Å². The topological polar surface area (TPSA) is 41.6 Å². The summed E-state index contributed by atoms with van der Waals surface area (Å²) in [5.41, 5.74) is 0.954. The Hall–Kier alpha value is -1.17. The molecule has 1 aromatic rings. The molecule has 4 nitrogen and oxygen atoms in total. The van der Waals surface area contributed by atoms with Gasteiger partial charge >= 0.3 is 0 Å². The number of hydrogen-bond donors (Lipinski definition) is 1. The fourth-order valence-corrected chi connectivity index (χ4v) is 2.47. The van der Waals surface area contributed by atoms with Gasteiger partial charge in [-0.15, -0.1) is 12.4 Å². The number of rotatable bonds is 4. The highest BCUT2D eigenvalue weighted by atomic mass is 35.5. The van der Waals surface area contributed by atoms with Gasteiger partial charge in [-0.05, 0) is 30.5 Å². The fraction of sp³-hybridized carbons (Fsp3) is 0.533. The van der Waals surface area contributed by atoms with Gasteiger partial charge in [0, 0.05) is 25.7 Å². The minimum atomic E-state index is -0.384. The molecular weight excluding hydrogens is 295 g/mol. The Labute approximate surface area is 130 Å². The Morgan fingerprint density at radius 1 is 1.33 bits per heavy atom. The van der Waals surface area contributed by atoms with Crippen LogP contribution in [0.2, 0.25) is 0 Å². The number of nitrogens with zero attached hydrogens (tertiary/aromatic N) is 1. The maximum Gasteiger partial charge on any atom is 0.253 e. The fourth-order valence-electron chi connectivity index (χ4n) is 2.47. The van der Waals surface area contributed by atoms with Crippen LogP contribution in [0.4, 0.5) is 4.39 Å². The first-order chi connectivity index (χ1) is 9.74. The van der Waals surface area contributed by atoms with Gasteiger partial charge in [-0.1, -0.05) is 12.1 Å². The van der Waals surface area contributed by atoms with Gasteiger partial charge in [-0.3, -0.25) is 4.79 Å². The second-order valence-electron chi connectivity index (χ2n) is 5.39. The molecule has 1 N–H and O–H groups in total. The van der Waals surface area contributed by atoms with Crippen molar-refractivity contribution in [3.8, 4) is 0 Å². The molecule has 2 fully saturated rings. The number of halogens is 2. The standard InChI is InChI=1S/C15H19FN2O2.ClH/c16-12-3-1-11(2-4-12)10-18(13-5-6-13)15(19)14-9-17-7-8-20-14;/h1-4,13-14,17H,5-10H2;1H. The van der Waals surface area contributed by atoms with Crippen LogP contribution in [0.15, 0.2) is 24.3 Å². The first kappa shape index (κ1) is 16.2. The SMILES string of the molecule is Cl.O=C(C1CNCCO1)N(Cc1ccc(F)cc1)C1CC1. The van der Waals surface area contributed by atoms with E-state index in [1.165, 1.54) is 12.1 Å². The number of benzene rings is 1. The van der Waals surface area contributed by atoms with E-state index in [1.807, 2.05) is 4.90 Å². The molecule has 1 amide bonds. The van der Waals surface area contributed by atoms with Crippen LogP contribution in [0.5, 0.6) is 0 Å². The van der Waals surface area contributed by atoms with Crippen LogP contribution in [0.3, 0.4) is 0 Å². The third-order valence-electron chi connectivity index (χ3n) is 3.74. The monoisotopic (exact) mass is 314 g/mol. The zero-order valence-electron chi connectivity index (χ0n) is 11.8. The predicted molar refractivity (Wildman–Crippen MR) is 79.8 cm³/mol. The highest BCUT2D eigenvalue weighted by molar-refractivity contribution is 5.85. The molecule has 1 aliphatic heterocycles. The number of amides is 1. The van der Waals surface area contributed by atoms with Crippen LogP contribution >= 0.6 is 12.4 Å². The Bertz CT molecular complexity index is 473. The highest BCUT2D eigenvalue weighted by Crippen LogP contribution is 2.29. The third kappa shape index (κ3) is 4.15. The molecule has 1 atom stereocenters. The van der Waals surface area contributed by atoms with Crippen LogP contribution in [0, 0.1) is 5.82 Å². The molecular formula is C15H20ClFN2O2. The molecule has 1 saturated heterocycles. The zero-order chi connectivity index (χ0) is 13.9. The van der Waals surface area contributed by atoms with E-state index in [-0.39, 0.29) is 30.2 Å². The van der Waals surface area contributed by atoms with E-state index in [1.54, 1.807) is 12.1 Å². The van der Waals surface area contributed by atoms with Crippen LogP contribution in [-0.2, 0) is 16.1 Å². The molecule has 0 aromatic heterocycles. The van der Waals surface area contributed by atoms with Crippen molar-refractivity contribution >= 4 is 18.3 Å². The molecule has 1 unspecified atom stereocenters. The summed E-state index contributed by atoms with van der Waals surface area (Å²) in [6, 6.07) is 6.65. The number of carbonyl (C=O) groups is 1. The third-order valence-corrected chi connectivity index (χ3v) is 3.74. The summed E-state index contributed by atoms with van der Waals surface area (Å²) >= 11 is 0. The molecule has 3 rings (SSSR count). The highest BCUT2D eigenvalue weighted by Gasteiger charge is 2.36. The molecule has 21 heavy (non-hydrogen) atoms. The minimum absolute atomic E-state index is 0. The molecule has 6 heteroatoms. The average Bonchev–Trinajstić information content (AvgIpc) is 3.31. The van der Waals surface area contributed by atoms with E-state index in [0.717, 1.165) is 24.9 Å². The summed E-state index contributed by atoms with van der Waals surface area (Å²) in [4.78, 5) is 14.4. The number of nitrogens with one attached hydrogen (secondary N) is 1. The molecule has 1 saturated carbocycles. The van der Waals surface area contributed by atoms with Crippen LogP contribution in [0.25, 0.3) is 0 Å². The average molecular weight is 315 g/mol. The van der Waals surface area contributed by atoms with Gasteiger partial charge in [-0.2, -0.15) is 0 Å². The van der Waals surface area contributed by atoms with Gasteiger partial charge in [0.15, 0.2) is 0 Å². The van der Waals surface area contributed by atoms with Crippen molar-refractivity contribution in [3.05, 3.63) is 35.6 Å². The van der Waals surface area contributed by atoms with E-state index in [4.69, 9.17) is 4.74 Å². The number of carbonyl (C=O) groups excluding carboxylic acids is 1. The van der Waals surface area contributed by atoms with Gasteiger partial charge in [0.1, 0.15) is 11.9 Å². The van der Waals surface area contributed by atoms with E-state index >= 15 is 0 Å². The molecule has 2 aliphatic rings. The van der Waals surface area contributed by atoms with Crippen LogP contribution in [-0.4, -0.2) is 42.6 Å². The van der Waals surface area contributed by atoms with E-state index in [0.29, 0.717) is 25.7 Å². The normalized spacial score (nSPS) is 21.5. The number of morpholine rings is 1. The van der Waals surface area contributed by atoms with Crippen LogP contribution in [0.1, 0.15) is 18.4 Å². The molecule has 0 radical (unpaired) electrons. The Balaban J connectivity index is 0.00000161. The second-order valence-corrected chi connectivity index (χ2v) is 5.39. The largest absolute Gasteiger partial charge is 0.366 e. The lowest BCUT2D eigenvalue weighted by Gasteiger charge is -2.30. The summed E-state index contributed by atoms with van der Waals surface area (Å²) in [6.45, 7) is 2.48.